The van der Waals surface area contributed by atoms with Crippen LogP contribution in [0.5, 0.6) is 0 Å². The summed E-state index contributed by atoms with van der Waals surface area (Å²) in [7, 11) is 1.76. The Morgan fingerprint density at radius 3 is 2.46 bits per heavy atom. The van der Waals surface area contributed by atoms with Crippen molar-refractivity contribution in [2.75, 3.05) is 26.7 Å². The Bertz CT molecular complexity index is 523. The molecule has 1 amide bonds. The molecule has 1 aromatic carbocycles. The van der Waals surface area contributed by atoms with Gasteiger partial charge in [0.25, 0.3) is 5.91 Å². The second-order valence-electron chi connectivity index (χ2n) is 5.73. The summed E-state index contributed by atoms with van der Waals surface area (Å²) in [4.78, 5) is 16.1. The largest absolute Gasteiger partial charge is 0.356 e. The number of hydrogen-bond donors (Lipinski definition) is 3. The maximum Gasteiger partial charge on any atom is 0.251 e. The molecule has 0 fully saturated rings. The third-order valence-corrected chi connectivity index (χ3v) is 3.75. The third kappa shape index (κ3) is 10.1. The Hall–Kier alpha value is -0.830. The minimum absolute atomic E-state index is 0. The van der Waals surface area contributed by atoms with Crippen molar-refractivity contribution in [2.24, 2.45) is 10.9 Å². The van der Waals surface area contributed by atoms with E-state index in [0.717, 1.165) is 36.4 Å². The zero-order valence-electron chi connectivity index (χ0n) is 14.6. The molecule has 1 aromatic rings. The normalized spacial score (nSPS) is 11.0. The van der Waals surface area contributed by atoms with Crippen molar-refractivity contribution < 1.29 is 4.79 Å². The molecule has 0 aliphatic rings. The lowest BCUT2D eigenvalue weighted by Crippen LogP contribution is -2.39. The highest BCUT2D eigenvalue weighted by atomic mass is 127. The Kier molecular flexibility index (Phi) is 13.0. The molecule has 0 heterocycles. The van der Waals surface area contributed by atoms with E-state index < -0.39 is 0 Å². The van der Waals surface area contributed by atoms with Crippen LogP contribution < -0.4 is 16.0 Å². The van der Waals surface area contributed by atoms with Gasteiger partial charge < -0.3 is 16.0 Å². The smallest absolute Gasteiger partial charge is 0.251 e. The molecule has 0 aliphatic carbocycles. The summed E-state index contributed by atoms with van der Waals surface area (Å²) in [5.41, 5.74) is 0.665. The van der Waals surface area contributed by atoms with E-state index in [-0.39, 0.29) is 29.9 Å². The van der Waals surface area contributed by atoms with Crippen LogP contribution in [0, 0.1) is 5.92 Å². The molecule has 0 aliphatic heterocycles. The molecule has 0 aromatic heterocycles. The van der Waals surface area contributed by atoms with Crippen LogP contribution in [0.15, 0.2) is 33.7 Å². The first-order valence-electron chi connectivity index (χ1n) is 8.01. The number of rotatable bonds is 8. The molecule has 0 bridgehead atoms. The van der Waals surface area contributed by atoms with Crippen LogP contribution in [0.25, 0.3) is 0 Å². The van der Waals surface area contributed by atoms with E-state index in [1.165, 1.54) is 0 Å². The predicted octanol–water partition coefficient (Wildman–Crippen LogP) is 3.40. The van der Waals surface area contributed by atoms with Gasteiger partial charge in [0.05, 0.1) is 0 Å². The maximum atomic E-state index is 12.0. The number of aliphatic imine (C=N–C) groups is 1. The van der Waals surface area contributed by atoms with E-state index in [1.54, 1.807) is 13.1 Å². The van der Waals surface area contributed by atoms with Gasteiger partial charge in [-0.2, -0.15) is 0 Å². The lowest BCUT2D eigenvalue weighted by molar-refractivity contribution is 0.0953. The minimum Gasteiger partial charge on any atom is -0.356 e. The van der Waals surface area contributed by atoms with E-state index in [4.69, 9.17) is 0 Å². The summed E-state index contributed by atoms with van der Waals surface area (Å²) in [6.07, 6.45) is 1.95. The van der Waals surface area contributed by atoms with Crippen LogP contribution in [0.3, 0.4) is 0 Å². The van der Waals surface area contributed by atoms with Crippen molar-refractivity contribution in [1.29, 1.82) is 0 Å². The number of guanidine groups is 1. The Labute approximate surface area is 170 Å². The second kappa shape index (κ2) is 13.5. The number of amides is 1. The van der Waals surface area contributed by atoms with E-state index in [1.807, 2.05) is 18.2 Å². The van der Waals surface area contributed by atoms with Gasteiger partial charge in [0, 0.05) is 36.7 Å². The molecule has 3 N–H and O–H groups in total. The molecule has 0 spiro atoms. The average molecular weight is 511 g/mol. The number of benzene rings is 1. The minimum atomic E-state index is -0.0502. The number of hydrogen-bond acceptors (Lipinski definition) is 2. The standard InChI is InChI=1S/C17H27BrN4O.HI/c1-13(2)8-11-22-17(19-3)21-10-5-9-20-16(23)14-6-4-7-15(18)12-14;/h4,6-7,12-13H,5,8-11H2,1-3H3,(H,20,23)(H2,19,21,22);1H. The van der Waals surface area contributed by atoms with Crippen LogP contribution in [0.1, 0.15) is 37.0 Å². The Morgan fingerprint density at radius 2 is 1.83 bits per heavy atom. The Balaban J connectivity index is 0.00000529. The van der Waals surface area contributed by atoms with Gasteiger partial charge in [-0.1, -0.05) is 35.8 Å². The lowest BCUT2D eigenvalue weighted by Gasteiger charge is -2.13. The Morgan fingerprint density at radius 1 is 1.17 bits per heavy atom. The van der Waals surface area contributed by atoms with E-state index in [0.29, 0.717) is 18.0 Å². The lowest BCUT2D eigenvalue weighted by atomic mass is 10.1. The molecule has 1 rings (SSSR count). The fraction of sp³-hybridized carbons (Fsp3) is 0.529. The summed E-state index contributed by atoms with van der Waals surface area (Å²) in [5, 5.41) is 9.44. The average Bonchev–Trinajstić information content (AvgIpc) is 2.52. The monoisotopic (exact) mass is 510 g/mol. The SMILES string of the molecule is CN=C(NCCCNC(=O)c1cccc(Br)c1)NCCC(C)C.I. The van der Waals surface area contributed by atoms with E-state index in [9.17, 15) is 4.79 Å². The molecule has 24 heavy (non-hydrogen) atoms. The van der Waals surface area contributed by atoms with Crippen molar-refractivity contribution in [3.05, 3.63) is 34.3 Å². The summed E-state index contributed by atoms with van der Waals surface area (Å²) >= 11 is 3.37. The number of nitrogens with one attached hydrogen (secondary N) is 3. The first-order chi connectivity index (χ1) is 11.0. The van der Waals surface area contributed by atoms with Gasteiger partial charge in [-0.05, 0) is 37.0 Å². The van der Waals surface area contributed by atoms with Gasteiger partial charge in [-0.15, -0.1) is 24.0 Å². The molecule has 7 heteroatoms. The van der Waals surface area contributed by atoms with Gasteiger partial charge >= 0.3 is 0 Å². The molecule has 5 nitrogen and oxygen atoms in total. The molecule has 0 saturated heterocycles. The highest BCUT2D eigenvalue weighted by Crippen LogP contribution is 2.11. The highest BCUT2D eigenvalue weighted by Gasteiger charge is 2.04. The van der Waals surface area contributed by atoms with Gasteiger partial charge in [-0.25, -0.2) is 0 Å². The van der Waals surface area contributed by atoms with Crippen molar-refractivity contribution in [2.45, 2.75) is 26.7 Å². The molecule has 0 saturated carbocycles. The third-order valence-electron chi connectivity index (χ3n) is 3.26. The number of nitrogens with zero attached hydrogens (tertiary/aromatic N) is 1. The maximum absolute atomic E-state index is 12.0. The molecular weight excluding hydrogens is 483 g/mol. The molecule has 136 valence electrons. The summed E-state index contributed by atoms with van der Waals surface area (Å²) < 4.78 is 0.906. The van der Waals surface area contributed by atoms with Crippen LogP contribution in [0.4, 0.5) is 0 Å². The quantitative estimate of drug-likeness (QED) is 0.217. The highest BCUT2D eigenvalue weighted by molar-refractivity contribution is 14.0. The van der Waals surface area contributed by atoms with Crippen LogP contribution in [-0.4, -0.2) is 38.5 Å². The predicted molar refractivity (Wildman–Crippen MR) is 115 cm³/mol. The first-order valence-corrected chi connectivity index (χ1v) is 8.80. The van der Waals surface area contributed by atoms with Crippen LogP contribution >= 0.6 is 39.9 Å². The molecule has 0 atom stereocenters. The van der Waals surface area contributed by atoms with E-state index >= 15 is 0 Å². The van der Waals surface area contributed by atoms with Crippen molar-refractivity contribution in [3.8, 4) is 0 Å². The molecule has 0 unspecified atom stereocenters. The zero-order valence-corrected chi connectivity index (χ0v) is 18.5. The second-order valence-corrected chi connectivity index (χ2v) is 6.64. The number of carbonyl (C=O) groups excluding carboxylic acids is 1. The molecule has 0 radical (unpaired) electrons. The van der Waals surface area contributed by atoms with Crippen LogP contribution in [0.2, 0.25) is 0 Å². The van der Waals surface area contributed by atoms with E-state index in [2.05, 4.69) is 50.7 Å². The zero-order chi connectivity index (χ0) is 17.1. The van der Waals surface area contributed by atoms with Gasteiger partial charge in [0.15, 0.2) is 5.96 Å². The summed E-state index contributed by atoms with van der Waals surface area (Å²) in [6.45, 7) is 6.70. The number of halogens is 2. The topological polar surface area (TPSA) is 65.5 Å². The van der Waals surface area contributed by atoms with Crippen molar-refractivity contribution in [1.82, 2.24) is 16.0 Å². The van der Waals surface area contributed by atoms with Gasteiger partial charge in [-0.3, -0.25) is 9.79 Å². The summed E-state index contributed by atoms with van der Waals surface area (Å²) in [6, 6.07) is 7.37. The van der Waals surface area contributed by atoms with Crippen molar-refractivity contribution in [3.63, 3.8) is 0 Å². The van der Waals surface area contributed by atoms with Crippen LogP contribution in [-0.2, 0) is 0 Å². The summed E-state index contributed by atoms with van der Waals surface area (Å²) in [5.74, 6) is 1.43. The van der Waals surface area contributed by atoms with Gasteiger partial charge in [0.1, 0.15) is 0 Å². The molecular formula is C17H28BrIN4O. The van der Waals surface area contributed by atoms with Gasteiger partial charge in [0.2, 0.25) is 0 Å². The number of carbonyl (C=O) groups is 1. The fourth-order valence-electron chi connectivity index (χ4n) is 1.93. The van der Waals surface area contributed by atoms with Crippen molar-refractivity contribution >= 4 is 51.8 Å². The fourth-order valence-corrected chi connectivity index (χ4v) is 2.33. The first kappa shape index (κ1) is 23.2.